The van der Waals surface area contributed by atoms with E-state index in [1.165, 1.54) is 0 Å². The minimum absolute atomic E-state index is 0. The molecule has 107 valence electrons. The minimum atomic E-state index is -1.16. The van der Waals surface area contributed by atoms with Crippen molar-refractivity contribution >= 4 is 8.60 Å². The van der Waals surface area contributed by atoms with Crippen LogP contribution in [-0.2, 0) is 30.4 Å². The molecule has 0 aliphatic rings. The van der Waals surface area contributed by atoms with Gasteiger partial charge in [-0.2, -0.15) is 0 Å². The molecule has 0 bridgehead atoms. The van der Waals surface area contributed by atoms with Crippen molar-refractivity contribution in [2.45, 2.75) is 41.5 Å². The summed E-state index contributed by atoms with van der Waals surface area (Å²) in [5, 5.41) is 0. The van der Waals surface area contributed by atoms with Crippen molar-refractivity contribution in [3.63, 3.8) is 0 Å². The normalized spacial score (nSPS) is 11.6. The molecule has 5 heteroatoms. The summed E-state index contributed by atoms with van der Waals surface area (Å²) in [5.41, 5.74) is 0. The van der Waals surface area contributed by atoms with Crippen LogP contribution in [0.5, 0.6) is 0 Å². The molecule has 0 aliphatic heterocycles. The summed E-state index contributed by atoms with van der Waals surface area (Å²) in [5.74, 6) is 1.53. The number of hydrogen-bond acceptors (Lipinski definition) is 3. The van der Waals surface area contributed by atoms with Gasteiger partial charge in [0.1, 0.15) is 0 Å². The van der Waals surface area contributed by atoms with Crippen LogP contribution >= 0.6 is 8.60 Å². The average molecular weight is 309 g/mol. The zero-order chi connectivity index (χ0) is 12.6. The van der Waals surface area contributed by atoms with E-state index in [9.17, 15) is 0 Å². The summed E-state index contributed by atoms with van der Waals surface area (Å²) in [7, 11) is -1.16. The second-order valence-corrected chi connectivity index (χ2v) is 6.51. The summed E-state index contributed by atoms with van der Waals surface area (Å²) in [6.07, 6.45) is 0. The molecule has 0 heterocycles. The first-order chi connectivity index (χ1) is 7.41. The van der Waals surface area contributed by atoms with Gasteiger partial charge in [-0.1, -0.05) is 41.5 Å². The van der Waals surface area contributed by atoms with Gasteiger partial charge in [0.05, 0.1) is 19.8 Å². The average Bonchev–Trinajstić information content (AvgIpc) is 2.15. The Bertz CT molecular complexity index is 137. The standard InChI is InChI=1S/C12H27O3P.Co/c1-10(2)7-13-16(14-8-11(3)4)15-9-12(5)6;/h10-12H,7-9H2,1-6H3;. The maximum atomic E-state index is 5.62. The molecule has 0 aromatic heterocycles. The second-order valence-electron chi connectivity index (χ2n) is 5.29. The van der Waals surface area contributed by atoms with Crippen LogP contribution in [0.25, 0.3) is 0 Å². The van der Waals surface area contributed by atoms with E-state index in [2.05, 4.69) is 41.5 Å². The van der Waals surface area contributed by atoms with Gasteiger partial charge in [-0.25, -0.2) is 0 Å². The van der Waals surface area contributed by atoms with Crippen molar-refractivity contribution in [1.82, 2.24) is 0 Å². The maximum absolute atomic E-state index is 5.62. The van der Waals surface area contributed by atoms with Gasteiger partial charge in [0.15, 0.2) is 0 Å². The Balaban J connectivity index is 0. The molecule has 0 saturated heterocycles. The molecule has 0 saturated carbocycles. The fourth-order valence-electron chi connectivity index (χ4n) is 0.742. The molecule has 0 amide bonds. The van der Waals surface area contributed by atoms with Gasteiger partial charge in [-0.05, 0) is 17.8 Å². The van der Waals surface area contributed by atoms with E-state index in [0.717, 1.165) is 0 Å². The summed E-state index contributed by atoms with van der Waals surface area (Å²) >= 11 is 0. The van der Waals surface area contributed by atoms with Crippen molar-refractivity contribution in [1.29, 1.82) is 0 Å². The smallest absolute Gasteiger partial charge is 0.312 e. The molecule has 0 aromatic carbocycles. The first-order valence-corrected chi connectivity index (χ1v) is 7.20. The SMILES string of the molecule is CC(C)COP(OCC(C)C)OCC(C)C.[Co]. The molecule has 0 rings (SSSR count). The second kappa shape index (κ2) is 11.9. The number of hydrogen-bond donors (Lipinski definition) is 0. The van der Waals surface area contributed by atoms with Gasteiger partial charge in [-0.15, -0.1) is 0 Å². The summed E-state index contributed by atoms with van der Waals surface area (Å²) in [6.45, 7) is 14.8. The Labute approximate surface area is 118 Å². The summed E-state index contributed by atoms with van der Waals surface area (Å²) in [6, 6.07) is 0. The van der Waals surface area contributed by atoms with E-state index in [0.29, 0.717) is 37.6 Å². The summed E-state index contributed by atoms with van der Waals surface area (Å²) in [4.78, 5) is 0. The first kappa shape index (κ1) is 20.1. The molecule has 0 aromatic rings. The zero-order valence-electron chi connectivity index (χ0n) is 11.9. The Morgan fingerprint density at radius 3 is 1.06 bits per heavy atom. The quantitative estimate of drug-likeness (QED) is 0.597. The van der Waals surface area contributed by atoms with Crippen LogP contribution in [0, 0.1) is 17.8 Å². The molecule has 1 radical (unpaired) electrons. The van der Waals surface area contributed by atoms with Gasteiger partial charge < -0.3 is 13.6 Å². The van der Waals surface area contributed by atoms with Crippen LogP contribution in [-0.4, -0.2) is 19.8 Å². The van der Waals surface area contributed by atoms with Gasteiger partial charge in [0, 0.05) is 16.8 Å². The van der Waals surface area contributed by atoms with Crippen molar-refractivity contribution in [3.05, 3.63) is 0 Å². The fraction of sp³-hybridized carbons (Fsp3) is 1.00. The molecule has 0 N–H and O–H groups in total. The van der Waals surface area contributed by atoms with Crippen LogP contribution in [0.4, 0.5) is 0 Å². The van der Waals surface area contributed by atoms with Crippen molar-refractivity contribution in [2.24, 2.45) is 17.8 Å². The molecule has 17 heavy (non-hydrogen) atoms. The minimum Gasteiger partial charge on any atom is -0.312 e. The topological polar surface area (TPSA) is 27.7 Å². The molecular weight excluding hydrogens is 282 g/mol. The predicted molar refractivity (Wildman–Crippen MR) is 69.3 cm³/mol. The largest absolute Gasteiger partial charge is 0.332 e. The molecule has 0 atom stereocenters. The molecule has 0 aliphatic carbocycles. The van der Waals surface area contributed by atoms with E-state index in [4.69, 9.17) is 13.6 Å². The van der Waals surface area contributed by atoms with Gasteiger partial charge in [0.25, 0.3) is 0 Å². The van der Waals surface area contributed by atoms with E-state index in [1.807, 2.05) is 0 Å². The molecule has 0 fully saturated rings. The molecule has 0 unspecified atom stereocenters. The predicted octanol–water partition coefficient (Wildman–Crippen LogP) is 4.23. The fourth-order valence-corrected chi connectivity index (χ4v) is 2.22. The Kier molecular flexibility index (Phi) is 14.1. The monoisotopic (exact) mass is 309 g/mol. The van der Waals surface area contributed by atoms with E-state index in [-0.39, 0.29) is 16.8 Å². The first-order valence-electron chi connectivity index (χ1n) is 6.10. The van der Waals surface area contributed by atoms with Gasteiger partial charge >= 0.3 is 8.60 Å². The van der Waals surface area contributed by atoms with Crippen LogP contribution in [0.2, 0.25) is 0 Å². The van der Waals surface area contributed by atoms with Crippen molar-refractivity contribution < 1.29 is 30.4 Å². The third-order valence-corrected chi connectivity index (χ3v) is 2.62. The van der Waals surface area contributed by atoms with Gasteiger partial charge in [0.2, 0.25) is 0 Å². The summed E-state index contributed by atoms with van der Waals surface area (Å²) < 4.78 is 16.9. The van der Waals surface area contributed by atoms with E-state index < -0.39 is 8.60 Å². The third kappa shape index (κ3) is 14.8. The van der Waals surface area contributed by atoms with Crippen LogP contribution in [0.3, 0.4) is 0 Å². The maximum Gasteiger partial charge on any atom is 0.332 e. The molecule has 3 nitrogen and oxygen atoms in total. The Hall–Kier alpha value is 0.816. The zero-order valence-corrected chi connectivity index (χ0v) is 13.8. The third-order valence-electron chi connectivity index (χ3n) is 1.54. The van der Waals surface area contributed by atoms with E-state index >= 15 is 0 Å². The molecular formula is C12H27CoO3P. The van der Waals surface area contributed by atoms with E-state index in [1.54, 1.807) is 0 Å². The van der Waals surface area contributed by atoms with Crippen molar-refractivity contribution in [3.8, 4) is 0 Å². The molecule has 0 spiro atoms. The van der Waals surface area contributed by atoms with Gasteiger partial charge in [-0.3, -0.25) is 0 Å². The van der Waals surface area contributed by atoms with Crippen LogP contribution in [0.1, 0.15) is 41.5 Å². The van der Waals surface area contributed by atoms with Crippen LogP contribution in [0.15, 0.2) is 0 Å². The van der Waals surface area contributed by atoms with Crippen molar-refractivity contribution in [2.75, 3.05) is 19.8 Å². The Morgan fingerprint density at radius 2 is 0.882 bits per heavy atom. The number of rotatable bonds is 9. The Morgan fingerprint density at radius 1 is 0.647 bits per heavy atom. The van der Waals surface area contributed by atoms with Crippen LogP contribution < -0.4 is 0 Å².